The largest absolute Gasteiger partial charge is 0.274 e. The summed E-state index contributed by atoms with van der Waals surface area (Å²) in [5.41, 5.74) is 0. The number of sulfonamides is 1. The molecule has 0 aliphatic carbocycles. The van der Waals surface area contributed by atoms with Crippen molar-refractivity contribution in [2.24, 2.45) is 7.05 Å². The Morgan fingerprint density at radius 2 is 2.24 bits per heavy atom. The molecule has 0 fully saturated rings. The molecule has 0 aliphatic rings. The minimum Gasteiger partial charge on any atom is -0.274 e. The third kappa shape index (κ3) is 2.47. The van der Waals surface area contributed by atoms with E-state index in [9.17, 15) is 8.42 Å². The zero-order valence-corrected chi connectivity index (χ0v) is 10.3. The van der Waals surface area contributed by atoms with Crippen molar-refractivity contribution in [3.8, 4) is 0 Å². The SMILES string of the molecule is CCn1cc(S(=O)(=O)Nc2ccn(C)n2)cn1. The fraction of sp³-hybridized carbons (Fsp3) is 0.333. The van der Waals surface area contributed by atoms with Crippen LogP contribution in [0.2, 0.25) is 0 Å². The Balaban J connectivity index is 2.24. The van der Waals surface area contributed by atoms with Crippen molar-refractivity contribution in [2.45, 2.75) is 18.4 Å². The minimum atomic E-state index is -3.60. The fourth-order valence-electron chi connectivity index (χ4n) is 1.32. The maximum Gasteiger partial charge on any atom is 0.266 e. The maximum absolute atomic E-state index is 11.9. The van der Waals surface area contributed by atoms with E-state index in [4.69, 9.17) is 0 Å². The van der Waals surface area contributed by atoms with Crippen molar-refractivity contribution in [2.75, 3.05) is 4.72 Å². The Morgan fingerprint density at radius 1 is 1.47 bits per heavy atom. The van der Waals surface area contributed by atoms with Crippen LogP contribution in [-0.4, -0.2) is 28.0 Å². The third-order valence-electron chi connectivity index (χ3n) is 2.20. The standard InChI is InChI=1S/C9H13N5O2S/c1-3-14-7-8(6-10-14)17(15,16)12-9-4-5-13(2)11-9/h4-7H,3H2,1-2H3,(H,11,12). The molecular formula is C9H13N5O2S. The second kappa shape index (κ2) is 4.21. The van der Waals surface area contributed by atoms with Gasteiger partial charge in [-0.3, -0.25) is 14.1 Å². The highest BCUT2D eigenvalue weighted by atomic mass is 32.2. The van der Waals surface area contributed by atoms with E-state index in [1.54, 1.807) is 24.0 Å². The van der Waals surface area contributed by atoms with Crippen LogP contribution in [0.1, 0.15) is 6.92 Å². The average molecular weight is 255 g/mol. The van der Waals surface area contributed by atoms with E-state index >= 15 is 0 Å². The van der Waals surface area contributed by atoms with Crippen molar-refractivity contribution >= 4 is 15.8 Å². The zero-order valence-electron chi connectivity index (χ0n) is 9.53. The lowest BCUT2D eigenvalue weighted by Crippen LogP contribution is -2.13. The Bertz CT molecular complexity index is 613. The Hall–Kier alpha value is -1.83. The smallest absolute Gasteiger partial charge is 0.266 e. The van der Waals surface area contributed by atoms with Gasteiger partial charge < -0.3 is 0 Å². The van der Waals surface area contributed by atoms with Gasteiger partial charge in [0.25, 0.3) is 10.0 Å². The number of aromatic nitrogens is 4. The lowest BCUT2D eigenvalue weighted by Gasteiger charge is -2.01. The number of nitrogens with one attached hydrogen (secondary N) is 1. The maximum atomic E-state index is 11.9. The molecule has 2 rings (SSSR count). The van der Waals surface area contributed by atoms with Crippen LogP contribution >= 0.6 is 0 Å². The van der Waals surface area contributed by atoms with Gasteiger partial charge in [-0.25, -0.2) is 8.42 Å². The molecule has 0 aliphatic heterocycles. The molecule has 2 heterocycles. The van der Waals surface area contributed by atoms with Crippen molar-refractivity contribution in [1.82, 2.24) is 19.6 Å². The molecule has 8 heteroatoms. The van der Waals surface area contributed by atoms with Crippen molar-refractivity contribution in [1.29, 1.82) is 0 Å². The van der Waals surface area contributed by atoms with Crippen LogP contribution in [0.15, 0.2) is 29.6 Å². The molecule has 2 aromatic heterocycles. The molecule has 1 N–H and O–H groups in total. The highest BCUT2D eigenvalue weighted by Gasteiger charge is 2.17. The minimum absolute atomic E-state index is 0.130. The summed E-state index contributed by atoms with van der Waals surface area (Å²) in [6.07, 6.45) is 4.45. The molecule has 0 saturated heterocycles. The quantitative estimate of drug-likeness (QED) is 0.859. The number of nitrogens with zero attached hydrogens (tertiary/aromatic N) is 4. The average Bonchev–Trinajstić information content (AvgIpc) is 2.86. The Morgan fingerprint density at radius 3 is 2.76 bits per heavy atom. The number of aryl methyl sites for hydroxylation is 2. The normalized spacial score (nSPS) is 11.6. The molecule has 0 aromatic carbocycles. The molecule has 2 aromatic rings. The first kappa shape index (κ1) is 11.6. The topological polar surface area (TPSA) is 81.8 Å². The molecule has 0 unspecified atom stereocenters. The zero-order chi connectivity index (χ0) is 12.5. The lowest BCUT2D eigenvalue weighted by molar-refractivity contribution is 0.600. The third-order valence-corrected chi connectivity index (χ3v) is 3.51. The van der Waals surface area contributed by atoms with Gasteiger partial charge in [0.15, 0.2) is 5.82 Å². The highest BCUT2D eigenvalue weighted by Crippen LogP contribution is 2.12. The van der Waals surface area contributed by atoms with E-state index in [1.807, 2.05) is 6.92 Å². The summed E-state index contributed by atoms with van der Waals surface area (Å²) in [6.45, 7) is 2.51. The molecular weight excluding hydrogens is 242 g/mol. The van der Waals surface area contributed by atoms with Gasteiger partial charge >= 0.3 is 0 Å². The predicted molar refractivity (Wildman–Crippen MR) is 61.9 cm³/mol. The van der Waals surface area contributed by atoms with Crippen molar-refractivity contribution < 1.29 is 8.42 Å². The molecule has 92 valence electrons. The van der Waals surface area contributed by atoms with E-state index in [1.165, 1.54) is 17.1 Å². The van der Waals surface area contributed by atoms with E-state index in [0.29, 0.717) is 6.54 Å². The lowest BCUT2D eigenvalue weighted by atomic mass is 10.7. The first-order valence-electron chi connectivity index (χ1n) is 5.06. The van der Waals surface area contributed by atoms with Gasteiger partial charge in [-0.15, -0.1) is 0 Å². The summed E-state index contributed by atoms with van der Waals surface area (Å²) in [5, 5.41) is 7.87. The fourth-order valence-corrected chi connectivity index (χ4v) is 2.27. The first-order valence-corrected chi connectivity index (χ1v) is 6.54. The van der Waals surface area contributed by atoms with E-state index in [0.717, 1.165) is 0 Å². The van der Waals surface area contributed by atoms with Crippen LogP contribution in [0, 0.1) is 0 Å². The van der Waals surface area contributed by atoms with Gasteiger partial charge in [0.05, 0.1) is 6.20 Å². The Labute approximate surface area is 99.1 Å². The molecule has 17 heavy (non-hydrogen) atoms. The van der Waals surface area contributed by atoms with Crippen LogP contribution < -0.4 is 4.72 Å². The summed E-state index contributed by atoms with van der Waals surface area (Å²) >= 11 is 0. The van der Waals surface area contributed by atoms with Crippen LogP contribution in [0.3, 0.4) is 0 Å². The first-order chi connectivity index (χ1) is 8.01. The van der Waals surface area contributed by atoms with Gasteiger partial charge in [-0.05, 0) is 6.92 Å². The predicted octanol–water partition coefficient (Wildman–Crippen LogP) is 0.437. The van der Waals surface area contributed by atoms with E-state index < -0.39 is 10.0 Å². The van der Waals surface area contributed by atoms with Gasteiger partial charge in [0, 0.05) is 32.1 Å². The number of hydrogen-bond donors (Lipinski definition) is 1. The summed E-state index contributed by atoms with van der Waals surface area (Å²) < 4.78 is 29.3. The van der Waals surface area contributed by atoms with Gasteiger partial charge in [-0.1, -0.05) is 0 Å². The second-order valence-electron chi connectivity index (χ2n) is 3.51. The molecule has 0 bridgehead atoms. The molecule has 0 spiro atoms. The van der Waals surface area contributed by atoms with Crippen LogP contribution in [0.5, 0.6) is 0 Å². The monoisotopic (exact) mass is 255 g/mol. The number of rotatable bonds is 4. The van der Waals surface area contributed by atoms with Crippen molar-refractivity contribution in [3.63, 3.8) is 0 Å². The molecule has 0 atom stereocenters. The summed E-state index contributed by atoms with van der Waals surface area (Å²) in [5.74, 6) is 0.289. The van der Waals surface area contributed by atoms with Gasteiger partial charge in [0.1, 0.15) is 4.90 Å². The summed E-state index contributed by atoms with van der Waals surface area (Å²) in [6, 6.07) is 1.59. The molecule has 0 saturated carbocycles. The van der Waals surface area contributed by atoms with Crippen LogP contribution in [0.4, 0.5) is 5.82 Å². The van der Waals surface area contributed by atoms with Crippen molar-refractivity contribution in [3.05, 3.63) is 24.7 Å². The second-order valence-corrected chi connectivity index (χ2v) is 5.19. The summed E-state index contributed by atoms with van der Waals surface area (Å²) in [4.78, 5) is 0.130. The van der Waals surface area contributed by atoms with E-state index in [2.05, 4.69) is 14.9 Å². The molecule has 0 amide bonds. The Kier molecular flexibility index (Phi) is 2.88. The van der Waals surface area contributed by atoms with Gasteiger partial charge in [0.2, 0.25) is 0 Å². The number of hydrogen-bond acceptors (Lipinski definition) is 4. The number of anilines is 1. The molecule has 0 radical (unpaired) electrons. The van der Waals surface area contributed by atoms with Crippen LogP contribution in [-0.2, 0) is 23.6 Å². The molecule has 7 nitrogen and oxygen atoms in total. The van der Waals surface area contributed by atoms with Crippen LogP contribution in [0.25, 0.3) is 0 Å². The van der Waals surface area contributed by atoms with Gasteiger partial charge in [-0.2, -0.15) is 10.2 Å². The highest BCUT2D eigenvalue weighted by molar-refractivity contribution is 7.92. The summed E-state index contributed by atoms with van der Waals surface area (Å²) in [7, 11) is -1.88. The van der Waals surface area contributed by atoms with E-state index in [-0.39, 0.29) is 10.7 Å².